The summed E-state index contributed by atoms with van der Waals surface area (Å²) in [6, 6.07) is 16.1. The Labute approximate surface area is 143 Å². The predicted octanol–water partition coefficient (Wildman–Crippen LogP) is 4.12. The van der Waals surface area contributed by atoms with Gasteiger partial charge in [0.1, 0.15) is 6.33 Å². The van der Waals surface area contributed by atoms with Crippen LogP contribution in [0.15, 0.2) is 60.0 Å². The molecule has 4 aromatic rings. The van der Waals surface area contributed by atoms with E-state index in [4.69, 9.17) is 0 Å². The first kappa shape index (κ1) is 15.0. The van der Waals surface area contributed by atoms with Crippen LogP contribution < -0.4 is 0 Å². The number of carbonyl (C=O) groups excluding carboxylic acids is 1. The standard InChI is InChI=1S/C18H16N4OS/c1-2-16(24-18-19-11-20-21-18)17(23)22-14-9-5-3-7-12(14)13-8-4-6-10-15(13)22/h3-11,16H,2H2,1H3,(H,19,20,21). The number of aromatic amines is 1. The van der Waals surface area contributed by atoms with E-state index in [2.05, 4.69) is 27.3 Å². The third kappa shape index (κ3) is 2.39. The zero-order chi connectivity index (χ0) is 16.5. The van der Waals surface area contributed by atoms with Gasteiger partial charge in [-0.25, -0.2) is 4.98 Å². The molecule has 0 fully saturated rings. The third-order valence-electron chi connectivity index (χ3n) is 4.09. The molecule has 1 atom stereocenters. The van der Waals surface area contributed by atoms with Gasteiger partial charge in [0.25, 0.3) is 0 Å². The van der Waals surface area contributed by atoms with Crippen LogP contribution in [0.2, 0.25) is 0 Å². The summed E-state index contributed by atoms with van der Waals surface area (Å²) in [6.45, 7) is 2.01. The van der Waals surface area contributed by atoms with Crippen LogP contribution in [-0.4, -0.2) is 30.9 Å². The second-order valence-corrected chi connectivity index (χ2v) is 6.70. The summed E-state index contributed by atoms with van der Waals surface area (Å²) in [6.07, 6.45) is 2.17. The minimum atomic E-state index is -0.225. The molecule has 1 N–H and O–H groups in total. The van der Waals surface area contributed by atoms with E-state index in [0.29, 0.717) is 11.6 Å². The molecule has 0 radical (unpaired) electrons. The summed E-state index contributed by atoms with van der Waals surface area (Å²) >= 11 is 1.42. The maximum Gasteiger partial charge on any atom is 0.245 e. The van der Waals surface area contributed by atoms with Crippen molar-refractivity contribution < 1.29 is 4.79 Å². The Morgan fingerprint density at radius 3 is 2.29 bits per heavy atom. The fourth-order valence-electron chi connectivity index (χ4n) is 3.00. The lowest BCUT2D eigenvalue weighted by Gasteiger charge is -2.14. The van der Waals surface area contributed by atoms with Crippen molar-refractivity contribution >= 4 is 39.5 Å². The van der Waals surface area contributed by atoms with E-state index in [0.717, 1.165) is 21.8 Å². The average Bonchev–Trinajstić information content (AvgIpc) is 3.25. The summed E-state index contributed by atoms with van der Waals surface area (Å²) in [5.74, 6) is 0.0660. The Morgan fingerprint density at radius 2 is 1.75 bits per heavy atom. The molecule has 0 amide bonds. The van der Waals surface area contributed by atoms with Gasteiger partial charge in [-0.3, -0.25) is 14.5 Å². The van der Waals surface area contributed by atoms with Crippen LogP contribution in [0, 0.1) is 0 Å². The third-order valence-corrected chi connectivity index (χ3v) is 5.33. The van der Waals surface area contributed by atoms with Gasteiger partial charge in [0.05, 0.1) is 16.3 Å². The van der Waals surface area contributed by atoms with E-state index in [1.165, 1.54) is 18.1 Å². The van der Waals surface area contributed by atoms with Crippen molar-refractivity contribution in [3.8, 4) is 0 Å². The molecule has 6 heteroatoms. The monoisotopic (exact) mass is 336 g/mol. The van der Waals surface area contributed by atoms with E-state index in [1.54, 1.807) is 0 Å². The second kappa shape index (κ2) is 6.13. The first-order valence-corrected chi connectivity index (χ1v) is 8.72. The van der Waals surface area contributed by atoms with E-state index in [-0.39, 0.29) is 11.2 Å². The Balaban J connectivity index is 1.86. The quantitative estimate of drug-likeness (QED) is 0.569. The highest BCUT2D eigenvalue weighted by molar-refractivity contribution is 8.00. The Bertz CT molecular complexity index is 953. The minimum absolute atomic E-state index is 0.0660. The summed E-state index contributed by atoms with van der Waals surface area (Å²) in [5, 5.41) is 9.31. The molecule has 0 aliphatic rings. The smallest absolute Gasteiger partial charge is 0.245 e. The first-order valence-electron chi connectivity index (χ1n) is 7.84. The number of carbonyl (C=O) groups is 1. The highest BCUT2D eigenvalue weighted by Gasteiger charge is 2.24. The molecule has 0 saturated heterocycles. The van der Waals surface area contributed by atoms with Crippen molar-refractivity contribution in [1.82, 2.24) is 19.7 Å². The number of thioether (sulfide) groups is 1. The number of aromatic nitrogens is 4. The number of hydrogen-bond donors (Lipinski definition) is 1. The highest BCUT2D eigenvalue weighted by Crippen LogP contribution is 2.31. The van der Waals surface area contributed by atoms with Crippen molar-refractivity contribution in [1.29, 1.82) is 0 Å². The molecule has 0 bridgehead atoms. The SMILES string of the molecule is CCC(Sc1ncn[nH]1)C(=O)n1c2ccccc2c2ccccc21. The van der Waals surface area contributed by atoms with Crippen LogP contribution >= 0.6 is 11.8 Å². The van der Waals surface area contributed by atoms with Crippen molar-refractivity contribution in [3.05, 3.63) is 54.9 Å². The van der Waals surface area contributed by atoms with Crippen LogP contribution in [0.4, 0.5) is 0 Å². The van der Waals surface area contributed by atoms with Gasteiger partial charge >= 0.3 is 0 Å². The molecule has 0 saturated carbocycles. The van der Waals surface area contributed by atoms with E-state index in [9.17, 15) is 4.79 Å². The number of benzene rings is 2. The van der Waals surface area contributed by atoms with Crippen LogP contribution in [0.1, 0.15) is 18.1 Å². The van der Waals surface area contributed by atoms with Gasteiger partial charge in [-0.2, -0.15) is 5.10 Å². The molecule has 2 heterocycles. The molecule has 2 aromatic heterocycles. The van der Waals surface area contributed by atoms with Gasteiger partial charge in [-0.1, -0.05) is 55.1 Å². The molecule has 24 heavy (non-hydrogen) atoms. The fraction of sp³-hybridized carbons (Fsp3) is 0.167. The normalized spacial score (nSPS) is 12.7. The van der Waals surface area contributed by atoms with Gasteiger partial charge in [-0.15, -0.1) is 0 Å². The van der Waals surface area contributed by atoms with Crippen LogP contribution in [-0.2, 0) is 0 Å². The fourth-order valence-corrected chi connectivity index (χ4v) is 3.85. The van der Waals surface area contributed by atoms with Crippen LogP contribution in [0.3, 0.4) is 0 Å². The molecule has 2 aromatic carbocycles. The maximum absolute atomic E-state index is 13.3. The molecule has 4 rings (SSSR count). The molecule has 0 aliphatic carbocycles. The Hall–Kier alpha value is -2.60. The summed E-state index contributed by atoms with van der Waals surface area (Å²) in [5.41, 5.74) is 1.89. The lowest BCUT2D eigenvalue weighted by Crippen LogP contribution is -2.23. The number of nitrogens with zero attached hydrogens (tertiary/aromatic N) is 3. The number of H-pyrrole nitrogens is 1. The molecular formula is C18H16N4OS. The van der Waals surface area contributed by atoms with E-state index >= 15 is 0 Å². The van der Waals surface area contributed by atoms with Crippen LogP contribution in [0.25, 0.3) is 21.8 Å². The molecule has 5 nitrogen and oxygen atoms in total. The maximum atomic E-state index is 13.3. The topological polar surface area (TPSA) is 63.6 Å². The largest absolute Gasteiger partial charge is 0.279 e. The molecular weight excluding hydrogens is 320 g/mol. The van der Waals surface area contributed by atoms with Crippen molar-refractivity contribution in [2.45, 2.75) is 23.8 Å². The predicted molar refractivity (Wildman–Crippen MR) is 96.4 cm³/mol. The lowest BCUT2D eigenvalue weighted by molar-refractivity contribution is 0.0919. The number of rotatable bonds is 4. The number of fused-ring (bicyclic) bond motifs is 3. The summed E-state index contributed by atoms with van der Waals surface area (Å²) < 4.78 is 1.84. The molecule has 0 spiro atoms. The van der Waals surface area contributed by atoms with Gasteiger partial charge in [-0.05, 0) is 18.6 Å². The summed E-state index contributed by atoms with van der Waals surface area (Å²) in [4.78, 5) is 17.4. The van der Waals surface area contributed by atoms with Crippen molar-refractivity contribution in [2.24, 2.45) is 0 Å². The average molecular weight is 336 g/mol. The van der Waals surface area contributed by atoms with Crippen molar-refractivity contribution in [2.75, 3.05) is 0 Å². The Morgan fingerprint density at radius 1 is 1.12 bits per heavy atom. The number of hydrogen-bond acceptors (Lipinski definition) is 4. The number of nitrogens with one attached hydrogen (secondary N) is 1. The highest BCUT2D eigenvalue weighted by atomic mass is 32.2. The van der Waals surface area contributed by atoms with E-state index < -0.39 is 0 Å². The van der Waals surface area contributed by atoms with Gasteiger partial charge < -0.3 is 0 Å². The van der Waals surface area contributed by atoms with Gasteiger partial charge in [0.2, 0.25) is 5.91 Å². The first-order chi connectivity index (χ1) is 11.8. The second-order valence-electron chi connectivity index (χ2n) is 5.51. The zero-order valence-electron chi connectivity index (χ0n) is 13.1. The minimum Gasteiger partial charge on any atom is -0.279 e. The Kier molecular flexibility index (Phi) is 3.82. The van der Waals surface area contributed by atoms with E-state index in [1.807, 2.05) is 47.9 Å². The number of para-hydroxylation sites is 2. The zero-order valence-corrected chi connectivity index (χ0v) is 14.0. The van der Waals surface area contributed by atoms with Gasteiger partial charge in [0, 0.05) is 10.8 Å². The van der Waals surface area contributed by atoms with Crippen LogP contribution in [0.5, 0.6) is 0 Å². The lowest BCUT2D eigenvalue weighted by atomic mass is 10.2. The molecule has 0 aliphatic heterocycles. The summed E-state index contributed by atoms with van der Waals surface area (Å²) in [7, 11) is 0. The molecule has 120 valence electrons. The molecule has 1 unspecified atom stereocenters. The van der Waals surface area contributed by atoms with Crippen molar-refractivity contribution in [3.63, 3.8) is 0 Å². The van der Waals surface area contributed by atoms with Gasteiger partial charge in [0.15, 0.2) is 5.16 Å².